The summed E-state index contributed by atoms with van der Waals surface area (Å²) in [4.78, 5) is 24.3. The summed E-state index contributed by atoms with van der Waals surface area (Å²) in [6.07, 6.45) is 3.64. The topological polar surface area (TPSA) is 66.8 Å². The van der Waals surface area contributed by atoms with E-state index < -0.39 is 18.1 Å². The zero-order valence-corrected chi connectivity index (χ0v) is 11.8. The van der Waals surface area contributed by atoms with Crippen LogP contribution in [0, 0.1) is 0 Å². The molecule has 1 amide bonds. The lowest BCUT2D eigenvalue weighted by molar-refractivity contribution is -0.141. The molecule has 2 unspecified atom stereocenters. The Bertz CT molecular complexity index is 324. The van der Waals surface area contributed by atoms with Gasteiger partial charge in [0.25, 0.3) is 0 Å². The van der Waals surface area contributed by atoms with Gasteiger partial charge < -0.3 is 9.84 Å². The molecule has 18 heavy (non-hydrogen) atoms. The molecule has 0 aromatic carbocycles. The Hall–Kier alpha value is -0.820. The molecule has 1 N–H and O–H groups in total. The smallest absolute Gasteiger partial charge is 0.411 e. The lowest BCUT2D eigenvalue weighted by atomic mass is 10.3. The molecule has 0 saturated carbocycles. The van der Waals surface area contributed by atoms with E-state index in [-0.39, 0.29) is 12.0 Å². The zero-order chi connectivity index (χ0) is 13.5. The van der Waals surface area contributed by atoms with E-state index in [0.717, 1.165) is 12.2 Å². The fourth-order valence-corrected chi connectivity index (χ4v) is 3.64. The number of carboxylic acids is 1. The van der Waals surface area contributed by atoms with E-state index in [0.29, 0.717) is 5.75 Å². The SMILES string of the molecule is C=CCOC(=O)N1C(CCSC)SCC1C(=O)O. The summed E-state index contributed by atoms with van der Waals surface area (Å²) < 4.78 is 4.95. The Labute approximate surface area is 115 Å². The van der Waals surface area contributed by atoms with Crippen LogP contribution in [0.15, 0.2) is 12.7 Å². The number of carbonyl (C=O) groups is 2. The molecule has 7 heteroatoms. The van der Waals surface area contributed by atoms with E-state index in [2.05, 4.69) is 6.58 Å². The predicted molar refractivity (Wildman–Crippen MR) is 74.1 cm³/mol. The van der Waals surface area contributed by atoms with Crippen molar-refractivity contribution in [3.05, 3.63) is 12.7 Å². The van der Waals surface area contributed by atoms with Crippen LogP contribution in [0.25, 0.3) is 0 Å². The van der Waals surface area contributed by atoms with Gasteiger partial charge in [-0.2, -0.15) is 11.8 Å². The van der Waals surface area contributed by atoms with Crippen LogP contribution >= 0.6 is 23.5 Å². The van der Waals surface area contributed by atoms with Gasteiger partial charge in [-0.25, -0.2) is 9.59 Å². The van der Waals surface area contributed by atoms with Crippen LogP contribution in [0.5, 0.6) is 0 Å². The molecule has 1 aliphatic rings. The summed E-state index contributed by atoms with van der Waals surface area (Å²) in [7, 11) is 0. The van der Waals surface area contributed by atoms with Gasteiger partial charge in [0.2, 0.25) is 0 Å². The third kappa shape index (κ3) is 3.84. The first-order valence-corrected chi connectivity index (χ1v) is 7.95. The maximum atomic E-state index is 11.9. The molecular weight excluding hydrogens is 274 g/mol. The first-order chi connectivity index (χ1) is 8.61. The molecule has 1 heterocycles. The second kappa shape index (κ2) is 7.58. The Morgan fingerprint density at radius 1 is 1.67 bits per heavy atom. The lowest BCUT2D eigenvalue weighted by Gasteiger charge is -2.26. The molecular formula is C11H17NO4S2. The van der Waals surface area contributed by atoms with Crippen LogP contribution in [-0.4, -0.2) is 57.9 Å². The summed E-state index contributed by atoms with van der Waals surface area (Å²) in [5, 5.41) is 9.00. The van der Waals surface area contributed by atoms with Gasteiger partial charge in [0.05, 0.1) is 5.37 Å². The van der Waals surface area contributed by atoms with Crippen molar-refractivity contribution < 1.29 is 19.4 Å². The first-order valence-electron chi connectivity index (χ1n) is 5.51. The molecule has 2 atom stereocenters. The van der Waals surface area contributed by atoms with Crippen LogP contribution in [0.4, 0.5) is 4.79 Å². The van der Waals surface area contributed by atoms with Crippen molar-refractivity contribution in [2.24, 2.45) is 0 Å². The third-order valence-electron chi connectivity index (χ3n) is 2.48. The van der Waals surface area contributed by atoms with Gasteiger partial charge in [-0.1, -0.05) is 12.7 Å². The summed E-state index contributed by atoms with van der Waals surface area (Å²) in [6, 6.07) is -0.792. The van der Waals surface area contributed by atoms with Gasteiger partial charge in [-0.05, 0) is 18.4 Å². The van der Waals surface area contributed by atoms with E-state index in [1.165, 1.54) is 22.7 Å². The molecule has 1 aliphatic heterocycles. The number of carboxylic acid groups (broad SMARTS) is 1. The highest BCUT2D eigenvalue weighted by Gasteiger charge is 2.42. The monoisotopic (exact) mass is 291 g/mol. The third-order valence-corrected chi connectivity index (χ3v) is 4.48. The predicted octanol–water partition coefficient (Wildman–Crippen LogP) is 1.89. The van der Waals surface area contributed by atoms with Gasteiger partial charge in [0, 0.05) is 5.75 Å². The van der Waals surface area contributed by atoms with E-state index in [9.17, 15) is 9.59 Å². The zero-order valence-electron chi connectivity index (χ0n) is 10.2. The first kappa shape index (κ1) is 15.2. The number of aliphatic carboxylic acids is 1. The maximum absolute atomic E-state index is 11.9. The van der Waals surface area contributed by atoms with Gasteiger partial charge in [0.15, 0.2) is 0 Å². The maximum Gasteiger partial charge on any atom is 0.411 e. The molecule has 0 radical (unpaired) electrons. The quantitative estimate of drug-likeness (QED) is 0.754. The van der Waals surface area contributed by atoms with E-state index in [1.807, 2.05) is 6.26 Å². The molecule has 0 aromatic rings. The Balaban J connectivity index is 2.70. The molecule has 0 spiro atoms. The number of hydrogen-bond acceptors (Lipinski definition) is 5. The standard InChI is InChI=1S/C11H17NO4S2/c1-3-5-16-11(15)12-8(10(13)14)7-18-9(12)4-6-17-2/h3,8-9H,1,4-7H2,2H3,(H,13,14). The van der Waals surface area contributed by atoms with Crippen LogP contribution in [0.1, 0.15) is 6.42 Å². The minimum atomic E-state index is -0.982. The van der Waals surface area contributed by atoms with Gasteiger partial charge in [0.1, 0.15) is 12.6 Å². The van der Waals surface area contributed by atoms with Crippen LogP contribution in [-0.2, 0) is 9.53 Å². The minimum absolute atomic E-state index is 0.0988. The van der Waals surface area contributed by atoms with E-state index in [4.69, 9.17) is 9.84 Å². The van der Waals surface area contributed by atoms with Crippen LogP contribution in [0.3, 0.4) is 0 Å². The molecule has 102 valence electrons. The number of nitrogens with zero attached hydrogens (tertiary/aromatic N) is 1. The number of ether oxygens (including phenoxy) is 1. The Kier molecular flexibility index (Phi) is 6.42. The normalized spacial score (nSPS) is 22.8. The average molecular weight is 291 g/mol. The van der Waals surface area contributed by atoms with Gasteiger partial charge in [-0.3, -0.25) is 4.90 Å². The molecule has 0 aliphatic carbocycles. The van der Waals surface area contributed by atoms with Gasteiger partial charge in [-0.15, -0.1) is 11.8 Å². The largest absolute Gasteiger partial charge is 0.480 e. The van der Waals surface area contributed by atoms with Crippen molar-refractivity contribution in [3.8, 4) is 0 Å². The van der Waals surface area contributed by atoms with E-state index in [1.54, 1.807) is 11.8 Å². The van der Waals surface area contributed by atoms with Crippen LogP contribution < -0.4 is 0 Å². The second-order valence-electron chi connectivity index (χ2n) is 3.70. The highest BCUT2D eigenvalue weighted by Crippen LogP contribution is 2.32. The Morgan fingerprint density at radius 3 is 2.94 bits per heavy atom. The molecule has 0 aromatic heterocycles. The molecule has 5 nitrogen and oxygen atoms in total. The lowest BCUT2D eigenvalue weighted by Crippen LogP contribution is -2.46. The van der Waals surface area contributed by atoms with Crippen molar-refractivity contribution >= 4 is 35.6 Å². The summed E-state index contributed by atoms with van der Waals surface area (Å²) in [5.41, 5.74) is 0. The Morgan fingerprint density at radius 2 is 2.39 bits per heavy atom. The molecule has 1 rings (SSSR count). The number of carbonyl (C=O) groups excluding carboxylic acids is 1. The van der Waals surface area contributed by atoms with Crippen LogP contribution in [0.2, 0.25) is 0 Å². The van der Waals surface area contributed by atoms with Crippen molar-refractivity contribution in [1.82, 2.24) is 4.90 Å². The summed E-state index contributed by atoms with van der Waals surface area (Å²) in [5.74, 6) is 0.317. The fourth-order valence-electron chi connectivity index (χ4n) is 1.64. The van der Waals surface area contributed by atoms with Crippen molar-refractivity contribution in [2.75, 3.05) is 24.4 Å². The number of rotatable bonds is 6. The number of hydrogen-bond donors (Lipinski definition) is 1. The summed E-state index contributed by atoms with van der Waals surface area (Å²) >= 11 is 3.17. The van der Waals surface area contributed by atoms with Crippen molar-refractivity contribution in [3.63, 3.8) is 0 Å². The van der Waals surface area contributed by atoms with Gasteiger partial charge >= 0.3 is 12.1 Å². The fraction of sp³-hybridized carbons (Fsp3) is 0.636. The number of thioether (sulfide) groups is 2. The molecule has 1 fully saturated rings. The highest BCUT2D eigenvalue weighted by molar-refractivity contribution is 8.00. The van der Waals surface area contributed by atoms with Crippen molar-refractivity contribution in [1.29, 1.82) is 0 Å². The van der Waals surface area contributed by atoms with Crippen molar-refractivity contribution in [2.45, 2.75) is 17.8 Å². The number of amides is 1. The second-order valence-corrected chi connectivity index (χ2v) is 5.89. The summed E-state index contributed by atoms with van der Waals surface area (Å²) in [6.45, 7) is 3.56. The average Bonchev–Trinajstić information content (AvgIpc) is 2.77. The van der Waals surface area contributed by atoms with E-state index >= 15 is 0 Å². The molecule has 0 bridgehead atoms. The minimum Gasteiger partial charge on any atom is -0.480 e. The molecule has 1 saturated heterocycles. The highest BCUT2D eigenvalue weighted by atomic mass is 32.2.